The van der Waals surface area contributed by atoms with Gasteiger partial charge in [-0.15, -0.1) is 0 Å². The van der Waals surface area contributed by atoms with Crippen molar-refractivity contribution >= 4 is 17.5 Å². The molecule has 1 saturated carbocycles. The van der Waals surface area contributed by atoms with E-state index in [0.29, 0.717) is 17.9 Å². The number of rotatable bonds is 3. The van der Waals surface area contributed by atoms with Gasteiger partial charge in [-0.2, -0.15) is 20.1 Å². The highest BCUT2D eigenvalue weighted by Crippen LogP contribution is 2.28. The van der Waals surface area contributed by atoms with E-state index >= 15 is 0 Å². The highest BCUT2D eigenvalue weighted by Gasteiger charge is 2.24. The number of aromatic nitrogens is 5. The summed E-state index contributed by atoms with van der Waals surface area (Å²) in [6.45, 7) is 2.30. The van der Waals surface area contributed by atoms with Crippen molar-refractivity contribution in [3.05, 3.63) is 23.7 Å². The molecule has 1 fully saturated rings. The Balaban J connectivity index is 1.87. The third-order valence-electron chi connectivity index (χ3n) is 4.07. The molecule has 2 atom stereocenters. The second kappa shape index (κ2) is 5.97. The van der Waals surface area contributed by atoms with Gasteiger partial charge in [-0.1, -0.05) is 19.8 Å². The fraction of sp³-hybridized carbons (Fsp3) is 0.571. The van der Waals surface area contributed by atoms with Crippen LogP contribution < -0.4 is 4.90 Å². The quantitative estimate of drug-likeness (QED) is 0.872. The van der Waals surface area contributed by atoms with Crippen molar-refractivity contribution in [2.24, 2.45) is 5.92 Å². The molecule has 6 nitrogen and oxygen atoms in total. The van der Waals surface area contributed by atoms with Crippen molar-refractivity contribution in [1.29, 1.82) is 0 Å². The van der Waals surface area contributed by atoms with Crippen LogP contribution in [0, 0.1) is 5.92 Å². The predicted octanol–water partition coefficient (Wildman–Crippen LogP) is 2.73. The van der Waals surface area contributed by atoms with Crippen molar-refractivity contribution < 1.29 is 0 Å². The Morgan fingerprint density at radius 2 is 2.14 bits per heavy atom. The maximum Gasteiger partial charge on any atom is 0.256 e. The van der Waals surface area contributed by atoms with Gasteiger partial charge in [0.1, 0.15) is 0 Å². The monoisotopic (exact) mass is 306 g/mol. The second-order valence-corrected chi connectivity index (χ2v) is 6.03. The lowest BCUT2D eigenvalue weighted by Gasteiger charge is -2.34. The van der Waals surface area contributed by atoms with E-state index in [2.05, 4.69) is 31.9 Å². The molecule has 112 valence electrons. The molecule has 0 bridgehead atoms. The minimum absolute atomic E-state index is 0.196. The predicted molar refractivity (Wildman–Crippen MR) is 81.8 cm³/mol. The topological polar surface area (TPSA) is 59.7 Å². The van der Waals surface area contributed by atoms with Crippen molar-refractivity contribution in [2.75, 3.05) is 11.9 Å². The van der Waals surface area contributed by atoms with E-state index < -0.39 is 0 Å². The van der Waals surface area contributed by atoms with Crippen molar-refractivity contribution in [3.8, 4) is 5.95 Å². The fourth-order valence-electron chi connectivity index (χ4n) is 2.89. The number of anilines is 1. The Morgan fingerprint density at radius 3 is 2.86 bits per heavy atom. The maximum atomic E-state index is 6.05. The van der Waals surface area contributed by atoms with Gasteiger partial charge >= 0.3 is 0 Å². The average Bonchev–Trinajstić information content (AvgIpc) is 3.00. The largest absolute Gasteiger partial charge is 0.341 e. The van der Waals surface area contributed by atoms with Crippen LogP contribution >= 0.6 is 11.6 Å². The molecular weight excluding hydrogens is 288 g/mol. The number of hydrogen-bond acceptors (Lipinski definition) is 5. The second-order valence-electron chi connectivity index (χ2n) is 5.69. The summed E-state index contributed by atoms with van der Waals surface area (Å²) in [6, 6.07) is 2.28. The summed E-state index contributed by atoms with van der Waals surface area (Å²) in [5.74, 6) is 1.81. The first kappa shape index (κ1) is 14.3. The molecule has 0 N–H and O–H groups in total. The van der Waals surface area contributed by atoms with Gasteiger partial charge in [-0.25, -0.2) is 4.68 Å². The summed E-state index contributed by atoms with van der Waals surface area (Å²) in [5.41, 5.74) is 0. The number of nitrogens with zero attached hydrogens (tertiary/aromatic N) is 6. The van der Waals surface area contributed by atoms with E-state index in [1.165, 1.54) is 19.3 Å². The molecule has 0 spiro atoms. The van der Waals surface area contributed by atoms with Crippen LogP contribution in [0.1, 0.15) is 32.6 Å². The standard InChI is InChI=1S/C14H19ClN6/c1-10-5-3-6-11(9-10)20(2)13-17-12(15)18-14(19-13)21-8-4-7-16-21/h4,7-8,10-11H,3,5-6,9H2,1-2H3. The molecule has 0 radical (unpaired) electrons. The lowest BCUT2D eigenvalue weighted by atomic mass is 9.86. The minimum Gasteiger partial charge on any atom is -0.341 e. The van der Waals surface area contributed by atoms with Gasteiger partial charge in [0.15, 0.2) is 0 Å². The Morgan fingerprint density at radius 1 is 1.29 bits per heavy atom. The lowest BCUT2D eigenvalue weighted by molar-refractivity contribution is 0.334. The Labute approximate surface area is 129 Å². The van der Waals surface area contributed by atoms with Crippen molar-refractivity contribution in [1.82, 2.24) is 24.7 Å². The molecule has 21 heavy (non-hydrogen) atoms. The van der Waals surface area contributed by atoms with Crippen LogP contribution in [-0.4, -0.2) is 37.8 Å². The Bertz CT molecular complexity index is 600. The molecule has 0 saturated heterocycles. The highest BCUT2D eigenvalue weighted by molar-refractivity contribution is 6.28. The van der Waals surface area contributed by atoms with Crippen LogP contribution in [0.15, 0.2) is 18.5 Å². The Hall–Kier alpha value is -1.69. The molecule has 0 amide bonds. The third-order valence-corrected chi connectivity index (χ3v) is 4.23. The van der Waals surface area contributed by atoms with E-state index in [0.717, 1.165) is 12.3 Å². The highest BCUT2D eigenvalue weighted by atomic mass is 35.5. The SMILES string of the molecule is CC1CCCC(N(C)c2nc(Cl)nc(-n3cccn3)n2)C1. The molecule has 2 aromatic heterocycles. The normalized spacial score (nSPS) is 22.2. The van der Waals surface area contributed by atoms with Crippen molar-refractivity contribution in [2.45, 2.75) is 38.6 Å². The minimum atomic E-state index is 0.196. The van der Waals surface area contributed by atoms with Gasteiger partial charge in [0.05, 0.1) is 0 Å². The summed E-state index contributed by atoms with van der Waals surface area (Å²) in [7, 11) is 2.03. The zero-order valence-corrected chi connectivity index (χ0v) is 13.0. The van der Waals surface area contributed by atoms with E-state index in [1.54, 1.807) is 17.1 Å². The number of hydrogen-bond donors (Lipinski definition) is 0. The first-order chi connectivity index (χ1) is 10.1. The molecule has 1 aliphatic rings. The summed E-state index contributed by atoms with van der Waals surface area (Å²) >= 11 is 6.05. The lowest BCUT2D eigenvalue weighted by Crippen LogP contribution is -2.37. The molecule has 1 aliphatic carbocycles. The molecule has 0 aromatic carbocycles. The summed E-state index contributed by atoms with van der Waals surface area (Å²) in [4.78, 5) is 15.0. The molecule has 2 unspecified atom stereocenters. The van der Waals surface area contributed by atoms with Crippen LogP contribution in [0.2, 0.25) is 5.28 Å². The number of halogens is 1. The summed E-state index contributed by atoms with van der Waals surface area (Å²) in [5, 5.41) is 4.33. The van der Waals surface area contributed by atoms with E-state index in [4.69, 9.17) is 11.6 Å². The first-order valence-electron chi connectivity index (χ1n) is 7.28. The average molecular weight is 307 g/mol. The molecule has 3 rings (SSSR count). The van der Waals surface area contributed by atoms with Crippen LogP contribution in [0.3, 0.4) is 0 Å². The van der Waals surface area contributed by atoms with Gasteiger partial charge in [0.2, 0.25) is 11.2 Å². The molecule has 2 aromatic rings. The van der Waals surface area contributed by atoms with Gasteiger partial charge < -0.3 is 4.90 Å². The van der Waals surface area contributed by atoms with Gasteiger partial charge in [-0.3, -0.25) is 0 Å². The molecular formula is C14H19ClN6. The van der Waals surface area contributed by atoms with Crippen LogP contribution in [-0.2, 0) is 0 Å². The molecule has 2 heterocycles. The van der Waals surface area contributed by atoms with E-state index in [-0.39, 0.29) is 5.28 Å². The van der Waals surface area contributed by atoms with Crippen LogP contribution in [0.5, 0.6) is 0 Å². The molecule has 7 heteroatoms. The smallest absolute Gasteiger partial charge is 0.256 e. The zero-order valence-electron chi connectivity index (χ0n) is 12.3. The van der Waals surface area contributed by atoms with E-state index in [1.807, 2.05) is 13.1 Å². The summed E-state index contributed by atoms with van der Waals surface area (Å²) < 4.78 is 1.59. The Kier molecular flexibility index (Phi) is 4.05. The van der Waals surface area contributed by atoms with E-state index in [9.17, 15) is 0 Å². The van der Waals surface area contributed by atoms with Gasteiger partial charge in [0, 0.05) is 25.5 Å². The maximum absolute atomic E-state index is 6.05. The van der Waals surface area contributed by atoms with Crippen LogP contribution in [0.25, 0.3) is 5.95 Å². The van der Waals surface area contributed by atoms with Gasteiger partial charge in [-0.05, 0) is 36.4 Å². The van der Waals surface area contributed by atoms with Crippen LogP contribution in [0.4, 0.5) is 5.95 Å². The zero-order chi connectivity index (χ0) is 14.8. The van der Waals surface area contributed by atoms with Crippen molar-refractivity contribution in [3.63, 3.8) is 0 Å². The molecule has 0 aliphatic heterocycles. The fourth-order valence-corrected chi connectivity index (χ4v) is 3.05. The van der Waals surface area contributed by atoms with Gasteiger partial charge in [0.25, 0.3) is 5.95 Å². The summed E-state index contributed by atoms with van der Waals surface area (Å²) in [6.07, 6.45) is 8.36. The third kappa shape index (κ3) is 3.15. The first-order valence-corrected chi connectivity index (χ1v) is 7.65.